The molecule has 3 fully saturated rings. The Kier molecular flexibility index (Phi) is 11.2. The molecule has 4 heterocycles. The quantitative estimate of drug-likeness (QED) is 0.121. The summed E-state index contributed by atoms with van der Waals surface area (Å²) in [4.78, 5) is 60.1. The molecule has 13 heteroatoms. The number of aliphatic hydroxyl groups excluding tert-OH is 1. The molecule has 0 aliphatic carbocycles. The van der Waals surface area contributed by atoms with Gasteiger partial charge in [0.25, 0.3) is 0 Å². The van der Waals surface area contributed by atoms with Gasteiger partial charge in [0.1, 0.15) is 29.9 Å². The highest BCUT2D eigenvalue weighted by atomic mass is 16.6. The summed E-state index contributed by atoms with van der Waals surface area (Å²) in [5.74, 6) is -3.79. The molecule has 55 heavy (non-hydrogen) atoms. The number of rotatable bonds is 17. The Labute approximate surface area is 319 Å². The summed E-state index contributed by atoms with van der Waals surface area (Å²) in [6.45, 7) is 7.31. The highest BCUT2D eigenvalue weighted by Gasteiger charge is 2.75. The lowest BCUT2D eigenvalue weighted by Crippen LogP contribution is -2.59. The summed E-state index contributed by atoms with van der Waals surface area (Å²) in [5, 5.41) is 22.3. The van der Waals surface area contributed by atoms with Crippen molar-refractivity contribution >= 4 is 34.7 Å². The predicted octanol–water partition coefficient (Wildman–Crippen LogP) is 3.75. The van der Waals surface area contributed by atoms with Crippen LogP contribution in [-0.2, 0) is 41.7 Å². The van der Waals surface area contributed by atoms with Gasteiger partial charge in [-0.2, -0.15) is 0 Å². The fourth-order valence-corrected chi connectivity index (χ4v) is 8.54. The van der Waals surface area contributed by atoms with Gasteiger partial charge in [-0.15, -0.1) is 18.3 Å². The first-order chi connectivity index (χ1) is 26.8. The number of esters is 1. The molecule has 3 saturated heterocycles. The number of hydrogen-bond donors (Lipinski definition) is 2. The number of carbonyl (C=O) groups excluding carboxylic acids is 4. The number of nitrogens with zero attached hydrogens (tertiary/aromatic N) is 5. The van der Waals surface area contributed by atoms with Crippen LogP contribution in [-0.4, -0.2) is 97.1 Å². The highest BCUT2D eigenvalue weighted by Crippen LogP contribution is 2.59. The molecule has 1 aromatic heterocycles. The van der Waals surface area contributed by atoms with Crippen molar-refractivity contribution < 1.29 is 33.8 Å². The number of nitrogens with one attached hydrogen (secondary N) is 1. The monoisotopic (exact) mass is 746 g/mol. The Morgan fingerprint density at radius 2 is 1.76 bits per heavy atom. The molecular weight excluding hydrogens is 700 g/mol. The van der Waals surface area contributed by atoms with E-state index < -0.39 is 66.1 Å². The van der Waals surface area contributed by atoms with E-state index in [4.69, 9.17) is 9.47 Å². The van der Waals surface area contributed by atoms with Crippen molar-refractivity contribution in [3.63, 3.8) is 0 Å². The van der Waals surface area contributed by atoms with Gasteiger partial charge >= 0.3 is 5.97 Å². The van der Waals surface area contributed by atoms with Gasteiger partial charge in [-0.05, 0) is 48.9 Å². The fourth-order valence-electron chi connectivity index (χ4n) is 8.54. The number of fused-ring (bicyclic) bond motifs is 2. The summed E-state index contributed by atoms with van der Waals surface area (Å²) >= 11 is 0. The molecule has 0 radical (unpaired) electrons. The van der Waals surface area contributed by atoms with Crippen LogP contribution in [0.4, 0.5) is 0 Å². The van der Waals surface area contributed by atoms with E-state index in [1.54, 1.807) is 21.7 Å². The largest absolute Gasteiger partial charge is 0.455 e. The number of likely N-dealkylation sites (tertiary alicyclic amines) is 1. The second kappa shape index (κ2) is 16.4. The highest BCUT2D eigenvalue weighted by molar-refractivity contribution is 5.98. The Bertz CT molecular complexity index is 2040. The maximum Gasteiger partial charge on any atom is 0.313 e. The maximum absolute atomic E-state index is 15.1. The molecule has 3 amide bonds. The number of para-hydroxylation sites is 1. The molecular formula is C42H46N6O7. The van der Waals surface area contributed by atoms with Crippen LogP contribution < -0.4 is 5.32 Å². The van der Waals surface area contributed by atoms with E-state index in [1.807, 2.05) is 84.9 Å². The van der Waals surface area contributed by atoms with Crippen LogP contribution in [0.15, 0.2) is 110 Å². The standard InChI is InChI=1S/C42H46N6O7/c1-3-5-20-35(50)43-25-34(29-16-10-7-11-17-29)54-41(53)36-33-21-22-42(55-33)37(36)39(51)48(30(26-49)24-28-14-8-6-9-15-28)38(42)40(52)46(23-4-2)27-47-32-19-13-12-18-31(32)44-45-47/h3-4,6-19,30,33-34,36-38,49H,1-2,5,20-27H2,(H,43,50)/t30-,33+,34-,36-,37-,38+,42-/m1/s1. The summed E-state index contributed by atoms with van der Waals surface area (Å²) < 4.78 is 14.5. The van der Waals surface area contributed by atoms with Gasteiger partial charge in [-0.1, -0.05) is 90.2 Å². The first-order valence-electron chi connectivity index (χ1n) is 18.7. The predicted molar refractivity (Wildman–Crippen MR) is 203 cm³/mol. The zero-order valence-electron chi connectivity index (χ0n) is 30.6. The van der Waals surface area contributed by atoms with Crippen LogP contribution in [0.25, 0.3) is 11.0 Å². The number of amides is 3. The Morgan fingerprint density at radius 1 is 1.04 bits per heavy atom. The van der Waals surface area contributed by atoms with Crippen molar-refractivity contribution in [3.8, 4) is 0 Å². The van der Waals surface area contributed by atoms with Crippen LogP contribution >= 0.6 is 0 Å². The van der Waals surface area contributed by atoms with E-state index in [0.29, 0.717) is 30.3 Å². The van der Waals surface area contributed by atoms with Gasteiger partial charge in [-0.25, -0.2) is 4.68 Å². The normalized spacial score (nSPS) is 23.6. The number of carbonyl (C=O) groups is 4. The average molecular weight is 747 g/mol. The molecule has 2 N–H and O–H groups in total. The van der Waals surface area contributed by atoms with Crippen LogP contribution in [0.2, 0.25) is 0 Å². The Hall–Kier alpha value is -5.66. The topological polar surface area (TPSA) is 156 Å². The van der Waals surface area contributed by atoms with Crippen molar-refractivity contribution in [1.82, 2.24) is 30.1 Å². The second-order valence-electron chi connectivity index (χ2n) is 14.4. The third-order valence-electron chi connectivity index (χ3n) is 11.0. The molecule has 4 aromatic rings. The fraction of sp³-hybridized carbons (Fsp3) is 0.381. The lowest BCUT2D eigenvalue weighted by atomic mass is 9.70. The first-order valence-corrected chi connectivity index (χ1v) is 18.7. The molecule has 3 aliphatic heterocycles. The average Bonchev–Trinajstić information content (AvgIpc) is 3.97. The molecule has 1 spiro atoms. The lowest BCUT2D eigenvalue weighted by Gasteiger charge is -2.39. The van der Waals surface area contributed by atoms with Gasteiger partial charge in [0.2, 0.25) is 17.7 Å². The van der Waals surface area contributed by atoms with Crippen LogP contribution in [0.5, 0.6) is 0 Å². The van der Waals surface area contributed by atoms with E-state index in [0.717, 1.165) is 11.1 Å². The number of aliphatic hydroxyl groups is 1. The summed E-state index contributed by atoms with van der Waals surface area (Å²) in [6, 6.07) is 24.0. The molecule has 3 aromatic carbocycles. The first kappa shape index (κ1) is 37.6. The van der Waals surface area contributed by atoms with Crippen LogP contribution in [0.1, 0.15) is 42.9 Å². The number of hydrogen-bond acceptors (Lipinski definition) is 9. The SMILES string of the molecule is C=CCCC(=O)NC[C@@H](OC(=O)[C@@H]1[C@@H]2CC[C@]3(O2)[C@H](C(=O)N(CC=C)Cn2nnc4ccccc42)N([C@@H](CO)Cc2ccccc2)C(=O)[C@@H]13)c1ccccc1. The number of ether oxygens (including phenoxy) is 2. The minimum Gasteiger partial charge on any atom is -0.455 e. The molecule has 3 aliphatic rings. The number of allylic oxidation sites excluding steroid dienone is 1. The third-order valence-corrected chi connectivity index (χ3v) is 11.0. The minimum absolute atomic E-state index is 0.0132. The van der Waals surface area contributed by atoms with Gasteiger partial charge in [0.05, 0.1) is 42.6 Å². The number of benzene rings is 3. The molecule has 7 atom stereocenters. The van der Waals surface area contributed by atoms with Gasteiger partial charge < -0.3 is 29.7 Å². The molecule has 2 bridgehead atoms. The van der Waals surface area contributed by atoms with Crippen molar-refractivity contribution in [2.24, 2.45) is 11.8 Å². The van der Waals surface area contributed by atoms with E-state index in [-0.39, 0.29) is 38.5 Å². The molecule has 0 unspecified atom stereocenters. The van der Waals surface area contributed by atoms with Crippen LogP contribution in [0, 0.1) is 11.8 Å². The van der Waals surface area contributed by atoms with Crippen molar-refractivity contribution in [3.05, 3.63) is 121 Å². The maximum atomic E-state index is 15.1. The van der Waals surface area contributed by atoms with E-state index >= 15 is 4.79 Å². The van der Waals surface area contributed by atoms with Gasteiger partial charge in [-0.3, -0.25) is 19.2 Å². The summed E-state index contributed by atoms with van der Waals surface area (Å²) in [6.07, 6.45) is 3.54. The van der Waals surface area contributed by atoms with Crippen molar-refractivity contribution in [1.29, 1.82) is 0 Å². The van der Waals surface area contributed by atoms with E-state index in [2.05, 4.69) is 28.8 Å². The van der Waals surface area contributed by atoms with E-state index in [1.165, 1.54) is 4.90 Å². The molecule has 13 nitrogen and oxygen atoms in total. The molecule has 286 valence electrons. The Morgan fingerprint density at radius 3 is 2.49 bits per heavy atom. The molecule has 7 rings (SSSR count). The third kappa shape index (κ3) is 7.29. The van der Waals surface area contributed by atoms with Crippen molar-refractivity contribution in [2.45, 2.75) is 68.7 Å². The van der Waals surface area contributed by atoms with Crippen molar-refractivity contribution in [2.75, 3.05) is 19.7 Å². The zero-order chi connectivity index (χ0) is 38.5. The number of aromatic nitrogens is 3. The van der Waals surface area contributed by atoms with Gasteiger partial charge in [0, 0.05) is 13.0 Å². The van der Waals surface area contributed by atoms with Gasteiger partial charge in [0.15, 0.2) is 0 Å². The van der Waals surface area contributed by atoms with Crippen LogP contribution in [0.3, 0.4) is 0 Å². The lowest BCUT2D eigenvalue weighted by molar-refractivity contribution is -0.161. The second-order valence-corrected chi connectivity index (χ2v) is 14.4. The smallest absolute Gasteiger partial charge is 0.313 e. The molecule has 0 saturated carbocycles. The zero-order valence-corrected chi connectivity index (χ0v) is 30.6. The minimum atomic E-state index is -1.36. The summed E-state index contributed by atoms with van der Waals surface area (Å²) in [5.41, 5.74) is 1.57. The Balaban J connectivity index is 1.23. The summed E-state index contributed by atoms with van der Waals surface area (Å²) in [7, 11) is 0. The van der Waals surface area contributed by atoms with E-state index in [9.17, 15) is 19.5 Å².